The van der Waals surface area contributed by atoms with Crippen molar-refractivity contribution in [2.45, 2.75) is 296 Å². The second-order valence-corrected chi connectivity index (χ2v) is 26.2. The second-order valence-electron chi connectivity index (χ2n) is 23.3. The van der Waals surface area contributed by atoms with Crippen LogP contribution in [0, 0.1) is 0 Å². The molecule has 0 aliphatic rings. The standard InChI is InChI=1S/C73H126O16P2/c1-4-7-10-13-16-19-22-25-27-28-29-30-31-32-33-34-35-36-37-38-40-43-44-47-50-53-56-59-71(76)83-62-68(74)63-85-90(79,80)86-64-69(75)65-87-91(81,82)88-67-70(89-73(78)61-58-55-52-49-46-41-24-21-18-15-12-9-6-3)66-84-72(77)60-57-54-51-48-45-42-39-26-23-20-17-14-11-8-5-2/h7,10,16-17,19-21,24-27,29-30,32-33,35-36,39,68-70,74-75H,4-6,8-9,11-15,18,22-23,28,31,34,37-38,40-67H2,1-3H3,(H,79,80)(H,81,82)/b10-7-,19-16-,20-17-,24-21-,27-25-,30-29-,33-32-,36-35-,39-26-. The van der Waals surface area contributed by atoms with Crippen molar-refractivity contribution in [1.29, 1.82) is 0 Å². The topological polar surface area (TPSA) is 231 Å². The smallest absolute Gasteiger partial charge is 0.463 e. The predicted molar refractivity (Wildman–Crippen MR) is 371 cm³/mol. The molecule has 0 heterocycles. The summed E-state index contributed by atoms with van der Waals surface area (Å²) in [4.78, 5) is 58.3. The van der Waals surface area contributed by atoms with Crippen molar-refractivity contribution in [3.63, 3.8) is 0 Å². The Bertz CT molecular complexity index is 2100. The molecule has 0 aromatic carbocycles. The van der Waals surface area contributed by atoms with Crippen molar-refractivity contribution in [3.8, 4) is 0 Å². The van der Waals surface area contributed by atoms with Gasteiger partial charge in [-0.2, -0.15) is 0 Å². The summed E-state index contributed by atoms with van der Waals surface area (Å²) in [6.45, 7) is 2.47. The van der Waals surface area contributed by atoms with Gasteiger partial charge in [0.2, 0.25) is 0 Å². The fraction of sp³-hybridized carbons (Fsp3) is 0.712. The van der Waals surface area contributed by atoms with E-state index >= 15 is 0 Å². The van der Waals surface area contributed by atoms with E-state index in [0.717, 1.165) is 154 Å². The third-order valence-corrected chi connectivity index (χ3v) is 16.4. The molecule has 0 fully saturated rings. The molecule has 0 aliphatic carbocycles. The summed E-state index contributed by atoms with van der Waals surface area (Å²) >= 11 is 0. The maximum absolute atomic E-state index is 12.9. The summed E-state index contributed by atoms with van der Waals surface area (Å²) in [5.41, 5.74) is 0. The molecule has 18 heteroatoms. The Morgan fingerprint density at radius 1 is 0.319 bits per heavy atom. The van der Waals surface area contributed by atoms with Crippen LogP contribution >= 0.6 is 15.6 Å². The SMILES string of the molecule is CC/C=C\C/C=C\C/C=C\C/C=C\C/C=C\C/C=C\CCCCCCCCCCC(=O)OCC(O)COP(=O)(O)OCC(O)COP(=O)(O)OCC(COC(=O)CCCCCCC/C=C\C/C=C\CCCCC)OC(=O)CCCCCCC/C=C\CCCCCC. The van der Waals surface area contributed by atoms with E-state index in [4.69, 9.17) is 32.3 Å². The lowest BCUT2D eigenvalue weighted by molar-refractivity contribution is -0.161. The van der Waals surface area contributed by atoms with E-state index in [9.17, 15) is 43.5 Å². The Balaban J connectivity index is 4.53. The van der Waals surface area contributed by atoms with Crippen molar-refractivity contribution in [2.75, 3.05) is 39.6 Å². The molecule has 16 nitrogen and oxygen atoms in total. The predicted octanol–water partition coefficient (Wildman–Crippen LogP) is 19.6. The number of carbonyl (C=O) groups excluding carboxylic acids is 3. The van der Waals surface area contributed by atoms with Crippen molar-refractivity contribution in [1.82, 2.24) is 0 Å². The molecule has 0 aliphatic heterocycles. The van der Waals surface area contributed by atoms with Crippen LogP contribution in [0.15, 0.2) is 109 Å². The van der Waals surface area contributed by atoms with E-state index in [1.54, 1.807) is 0 Å². The van der Waals surface area contributed by atoms with E-state index in [0.29, 0.717) is 19.3 Å². The maximum Gasteiger partial charge on any atom is 0.472 e. The highest BCUT2D eigenvalue weighted by Gasteiger charge is 2.29. The monoisotopic (exact) mass is 1320 g/mol. The number of carbonyl (C=O) groups is 3. The number of aliphatic hydroxyl groups is 2. The van der Waals surface area contributed by atoms with E-state index in [1.807, 2.05) is 0 Å². The first-order valence-corrected chi connectivity index (χ1v) is 38.2. The molecule has 0 saturated heterocycles. The lowest BCUT2D eigenvalue weighted by Gasteiger charge is -2.21. The Hall–Kier alpha value is -3.79. The van der Waals surface area contributed by atoms with Gasteiger partial charge in [0.1, 0.15) is 25.4 Å². The summed E-state index contributed by atoms with van der Waals surface area (Å²) in [5.74, 6) is -1.61. The number of hydrogen-bond donors (Lipinski definition) is 4. The van der Waals surface area contributed by atoms with Crippen LogP contribution in [-0.2, 0) is 55.8 Å². The molecule has 0 amide bonds. The fourth-order valence-corrected chi connectivity index (χ4v) is 10.7. The molecular weight excluding hydrogens is 1190 g/mol. The summed E-state index contributed by atoms with van der Waals surface area (Å²) in [6.07, 6.45) is 74.3. The Kier molecular flexibility index (Phi) is 63.5. The molecule has 0 aromatic heterocycles. The van der Waals surface area contributed by atoms with Crippen molar-refractivity contribution in [3.05, 3.63) is 109 Å². The third-order valence-electron chi connectivity index (χ3n) is 14.5. The molecule has 5 atom stereocenters. The van der Waals surface area contributed by atoms with Crippen molar-refractivity contribution < 1.29 is 75.8 Å². The van der Waals surface area contributed by atoms with Crippen LogP contribution < -0.4 is 0 Å². The van der Waals surface area contributed by atoms with E-state index in [-0.39, 0.29) is 19.3 Å². The number of allylic oxidation sites excluding steroid dienone is 18. The van der Waals surface area contributed by atoms with Crippen molar-refractivity contribution in [2.24, 2.45) is 0 Å². The zero-order chi connectivity index (χ0) is 66.7. The van der Waals surface area contributed by atoms with Gasteiger partial charge in [-0.05, 0) is 128 Å². The van der Waals surface area contributed by atoms with Gasteiger partial charge >= 0.3 is 33.6 Å². The van der Waals surface area contributed by atoms with Crippen LogP contribution in [0.4, 0.5) is 0 Å². The zero-order valence-corrected chi connectivity index (χ0v) is 58.5. The van der Waals surface area contributed by atoms with Gasteiger partial charge in [-0.1, -0.05) is 239 Å². The quantitative estimate of drug-likeness (QED) is 0.0146. The first-order chi connectivity index (χ1) is 44.2. The third kappa shape index (κ3) is 67.4. The molecule has 524 valence electrons. The van der Waals surface area contributed by atoms with Crippen LogP contribution in [0.3, 0.4) is 0 Å². The van der Waals surface area contributed by atoms with Crippen LogP contribution in [0.2, 0.25) is 0 Å². The number of unbranched alkanes of at least 4 members (excludes halogenated alkanes) is 25. The Morgan fingerprint density at radius 3 is 0.956 bits per heavy atom. The van der Waals surface area contributed by atoms with E-state index in [2.05, 4.69) is 130 Å². The highest BCUT2D eigenvalue weighted by molar-refractivity contribution is 7.47. The average Bonchev–Trinajstić information content (AvgIpc) is 3.70. The molecule has 4 N–H and O–H groups in total. The number of ether oxygens (including phenoxy) is 3. The number of phosphoric acid groups is 2. The van der Waals surface area contributed by atoms with Crippen LogP contribution in [0.25, 0.3) is 0 Å². The molecule has 0 spiro atoms. The summed E-state index contributed by atoms with van der Waals surface area (Å²) < 4.78 is 60.8. The Morgan fingerprint density at radius 2 is 0.582 bits per heavy atom. The van der Waals surface area contributed by atoms with Gasteiger partial charge in [-0.15, -0.1) is 0 Å². The average molecular weight is 1320 g/mol. The molecule has 5 unspecified atom stereocenters. The molecular formula is C73H126O16P2. The lowest BCUT2D eigenvalue weighted by Crippen LogP contribution is -2.30. The molecule has 0 radical (unpaired) electrons. The number of phosphoric ester groups is 2. The maximum atomic E-state index is 12.9. The van der Waals surface area contributed by atoms with Crippen LogP contribution in [0.1, 0.15) is 278 Å². The number of aliphatic hydroxyl groups excluding tert-OH is 2. The summed E-state index contributed by atoms with van der Waals surface area (Å²) in [7, 11) is -9.78. The van der Waals surface area contributed by atoms with Gasteiger partial charge in [0.15, 0.2) is 6.10 Å². The minimum atomic E-state index is -4.93. The fourth-order valence-electron chi connectivity index (χ4n) is 9.07. The second kappa shape index (κ2) is 66.2. The number of hydrogen-bond acceptors (Lipinski definition) is 14. The summed E-state index contributed by atoms with van der Waals surface area (Å²) in [6, 6.07) is 0. The highest BCUT2D eigenvalue weighted by Crippen LogP contribution is 2.45. The van der Waals surface area contributed by atoms with Gasteiger partial charge in [0, 0.05) is 19.3 Å². The minimum absolute atomic E-state index is 0.0910. The molecule has 0 aromatic rings. The van der Waals surface area contributed by atoms with E-state index < -0.39 is 91.5 Å². The molecule has 0 bridgehead atoms. The molecule has 0 rings (SSSR count). The van der Waals surface area contributed by atoms with Gasteiger partial charge in [-0.3, -0.25) is 32.5 Å². The summed E-state index contributed by atoms with van der Waals surface area (Å²) in [5, 5.41) is 20.6. The Labute approximate surface area is 551 Å². The van der Waals surface area contributed by atoms with Crippen LogP contribution in [-0.4, -0.2) is 95.9 Å². The van der Waals surface area contributed by atoms with Crippen LogP contribution in [0.5, 0.6) is 0 Å². The molecule has 0 saturated carbocycles. The van der Waals surface area contributed by atoms with Gasteiger partial charge in [-0.25, -0.2) is 9.13 Å². The van der Waals surface area contributed by atoms with Gasteiger partial charge in [0.05, 0.1) is 26.4 Å². The lowest BCUT2D eigenvalue weighted by atomic mass is 10.1. The minimum Gasteiger partial charge on any atom is -0.463 e. The largest absolute Gasteiger partial charge is 0.472 e. The molecule has 91 heavy (non-hydrogen) atoms. The first-order valence-electron chi connectivity index (χ1n) is 35.2. The van der Waals surface area contributed by atoms with Crippen molar-refractivity contribution >= 4 is 33.6 Å². The van der Waals surface area contributed by atoms with Gasteiger partial charge < -0.3 is 34.2 Å². The zero-order valence-electron chi connectivity index (χ0n) is 56.7. The number of esters is 3. The van der Waals surface area contributed by atoms with Gasteiger partial charge in [0.25, 0.3) is 0 Å². The van der Waals surface area contributed by atoms with E-state index in [1.165, 1.54) is 64.2 Å². The number of rotatable bonds is 66. The first kappa shape index (κ1) is 87.2. The normalized spacial score (nSPS) is 14.8. The highest BCUT2D eigenvalue weighted by atomic mass is 31.2.